The molecule has 1 aliphatic rings. The first-order valence-corrected chi connectivity index (χ1v) is 7.13. The van der Waals surface area contributed by atoms with Crippen LogP contribution in [0.15, 0.2) is 24.5 Å². The molecule has 7 heteroatoms. The summed E-state index contributed by atoms with van der Waals surface area (Å²) < 4.78 is 1.84. The number of nitro benzene ring substituents is 1. The zero-order valence-electron chi connectivity index (χ0n) is 12.1. The van der Waals surface area contributed by atoms with Crippen LogP contribution >= 0.6 is 0 Å². The summed E-state index contributed by atoms with van der Waals surface area (Å²) in [6.07, 6.45) is 4.90. The molecule has 1 heterocycles. The van der Waals surface area contributed by atoms with Crippen molar-refractivity contribution < 1.29 is 4.92 Å². The molecule has 1 aromatic carbocycles. The van der Waals surface area contributed by atoms with E-state index in [0.717, 1.165) is 30.7 Å². The van der Waals surface area contributed by atoms with E-state index in [0.29, 0.717) is 11.5 Å². The Morgan fingerprint density at radius 3 is 2.73 bits per heavy atom. The van der Waals surface area contributed by atoms with Crippen LogP contribution in [0.5, 0.6) is 0 Å². The van der Waals surface area contributed by atoms with Crippen LogP contribution in [0.2, 0.25) is 0 Å². The molecule has 22 heavy (non-hydrogen) atoms. The fraction of sp³-hybridized carbons (Fsp3) is 0.400. The number of non-ortho nitro benzene ring substituents is 1. The minimum atomic E-state index is -0.459. The highest BCUT2D eigenvalue weighted by Gasteiger charge is 2.33. The third-order valence-corrected chi connectivity index (χ3v) is 4.28. The highest BCUT2D eigenvalue weighted by Crippen LogP contribution is 2.43. The monoisotopic (exact) mass is 297 g/mol. The van der Waals surface area contributed by atoms with Gasteiger partial charge in [-0.2, -0.15) is 5.26 Å². The van der Waals surface area contributed by atoms with Crippen LogP contribution in [-0.2, 0) is 7.05 Å². The average Bonchev–Trinajstić information content (AvgIpc) is 2.87. The second kappa shape index (κ2) is 5.56. The molecule has 0 aliphatic heterocycles. The molecular weight excluding hydrogens is 282 g/mol. The molecule has 112 valence electrons. The molecule has 2 aromatic rings. The van der Waals surface area contributed by atoms with Crippen LogP contribution in [0.1, 0.15) is 42.1 Å². The number of hydrogen-bond donors (Lipinski definition) is 0. The van der Waals surface area contributed by atoms with Gasteiger partial charge in [-0.1, -0.05) is 6.42 Å². The smallest absolute Gasteiger partial charge is 0.271 e. The molecule has 7 nitrogen and oxygen atoms in total. The first-order chi connectivity index (χ1) is 10.6. The number of aryl methyl sites for hydroxylation is 1. The van der Waals surface area contributed by atoms with Crippen LogP contribution in [0.4, 0.5) is 5.69 Å². The zero-order chi connectivity index (χ0) is 15.7. The quantitative estimate of drug-likeness (QED) is 0.638. The molecule has 1 unspecified atom stereocenters. The number of nitriles is 1. The number of aromatic nitrogens is 3. The van der Waals surface area contributed by atoms with Gasteiger partial charge in [0.25, 0.3) is 5.69 Å². The number of hydrogen-bond acceptors (Lipinski definition) is 5. The van der Waals surface area contributed by atoms with Crippen molar-refractivity contribution in [2.75, 3.05) is 0 Å². The van der Waals surface area contributed by atoms with Crippen molar-refractivity contribution in [1.29, 1.82) is 5.26 Å². The van der Waals surface area contributed by atoms with Crippen molar-refractivity contribution in [3.63, 3.8) is 0 Å². The van der Waals surface area contributed by atoms with E-state index in [1.54, 1.807) is 18.5 Å². The highest BCUT2D eigenvalue weighted by atomic mass is 16.6. The lowest BCUT2D eigenvalue weighted by molar-refractivity contribution is -0.385. The van der Waals surface area contributed by atoms with E-state index in [4.69, 9.17) is 5.26 Å². The molecular formula is C15H15N5O2. The minimum absolute atomic E-state index is 0.0551. The number of nitrogens with zero attached hydrogens (tertiary/aromatic N) is 5. The normalized spacial score (nSPS) is 15.8. The summed E-state index contributed by atoms with van der Waals surface area (Å²) in [4.78, 5) is 10.7. The summed E-state index contributed by atoms with van der Waals surface area (Å²) >= 11 is 0. The van der Waals surface area contributed by atoms with Crippen molar-refractivity contribution in [3.05, 3.63) is 51.6 Å². The van der Waals surface area contributed by atoms with Gasteiger partial charge in [0.15, 0.2) is 0 Å². The Kier molecular flexibility index (Phi) is 3.59. The Morgan fingerprint density at radius 2 is 2.23 bits per heavy atom. The summed E-state index contributed by atoms with van der Waals surface area (Å²) in [6.45, 7) is 0. The highest BCUT2D eigenvalue weighted by molar-refractivity contribution is 5.47. The van der Waals surface area contributed by atoms with Crippen LogP contribution in [0.25, 0.3) is 0 Å². The largest absolute Gasteiger partial charge is 0.320 e. The van der Waals surface area contributed by atoms with Crippen LogP contribution in [-0.4, -0.2) is 19.7 Å². The number of benzene rings is 1. The average molecular weight is 297 g/mol. The molecule has 0 saturated heterocycles. The summed E-state index contributed by atoms with van der Waals surface area (Å²) in [6, 6.07) is 6.59. The van der Waals surface area contributed by atoms with Crippen LogP contribution in [0, 0.1) is 27.4 Å². The second-order valence-electron chi connectivity index (χ2n) is 5.65. The molecule has 1 atom stereocenters. The van der Waals surface area contributed by atoms with E-state index in [2.05, 4.69) is 10.2 Å². The van der Waals surface area contributed by atoms with Gasteiger partial charge in [-0.25, -0.2) is 0 Å². The lowest BCUT2D eigenvalue weighted by atomic mass is 9.72. The molecule has 1 saturated carbocycles. The number of rotatable bonds is 4. The van der Waals surface area contributed by atoms with E-state index < -0.39 is 4.92 Å². The van der Waals surface area contributed by atoms with Crippen molar-refractivity contribution in [3.8, 4) is 6.07 Å². The predicted octanol–water partition coefficient (Wildman–Crippen LogP) is 2.53. The first kappa shape index (κ1) is 14.2. The third kappa shape index (κ3) is 2.44. The molecule has 1 fully saturated rings. The van der Waals surface area contributed by atoms with Gasteiger partial charge in [-0.3, -0.25) is 10.1 Å². The van der Waals surface area contributed by atoms with Crippen molar-refractivity contribution in [2.45, 2.75) is 25.2 Å². The van der Waals surface area contributed by atoms with Gasteiger partial charge in [-0.15, -0.1) is 10.2 Å². The Balaban J connectivity index is 2.12. The molecule has 0 bridgehead atoms. The van der Waals surface area contributed by atoms with Gasteiger partial charge in [-0.05, 0) is 30.4 Å². The van der Waals surface area contributed by atoms with Crippen LogP contribution < -0.4 is 0 Å². The standard InChI is InChI=1S/C15H15N5O2/c1-19-9-17-18-15(19)14(11-3-2-4-11)12-5-10(8-16)6-13(7-12)20(21)22/h5-7,9,11,14H,2-4H2,1H3. The third-order valence-electron chi connectivity index (χ3n) is 4.28. The van der Waals surface area contributed by atoms with Gasteiger partial charge in [0.2, 0.25) is 0 Å². The molecule has 1 aromatic heterocycles. The topological polar surface area (TPSA) is 97.6 Å². The molecule has 0 amide bonds. The fourth-order valence-corrected chi connectivity index (χ4v) is 2.96. The fourth-order valence-electron chi connectivity index (χ4n) is 2.96. The maximum atomic E-state index is 11.1. The van der Waals surface area contributed by atoms with E-state index in [1.807, 2.05) is 17.7 Å². The maximum absolute atomic E-state index is 11.1. The molecule has 0 radical (unpaired) electrons. The summed E-state index contributed by atoms with van der Waals surface area (Å²) in [7, 11) is 1.86. The minimum Gasteiger partial charge on any atom is -0.320 e. The number of nitro groups is 1. The summed E-state index contributed by atoms with van der Waals surface area (Å²) in [5, 5.41) is 28.4. The van der Waals surface area contributed by atoms with E-state index in [1.165, 1.54) is 6.07 Å². The van der Waals surface area contributed by atoms with Crippen molar-refractivity contribution >= 4 is 5.69 Å². The second-order valence-corrected chi connectivity index (χ2v) is 5.65. The van der Waals surface area contributed by atoms with Crippen molar-refractivity contribution in [2.24, 2.45) is 13.0 Å². The summed E-state index contributed by atoms with van der Waals surface area (Å²) in [5.41, 5.74) is 1.02. The Morgan fingerprint density at radius 1 is 1.45 bits per heavy atom. The molecule has 0 spiro atoms. The Bertz CT molecular complexity index is 758. The first-order valence-electron chi connectivity index (χ1n) is 7.13. The van der Waals surface area contributed by atoms with Gasteiger partial charge in [0, 0.05) is 25.1 Å². The zero-order valence-corrected chi connectivity index (χ0v) is 12.1. The van der Waals surface area contributed by atoms with Gasteiger partial charge in [0.05, 0.1) is 16.6 Å². The Labute approximate surface area is 127 Å². The predicted molar refractivity (Wildman–Crippen MR) is 78.0 cm³/mol. The Hall–Kier alpha value is -2.75. The van der Waals surface area contributed by atoms with Crippen LogP contribution in [0.3, 0.4) is 0 Å². The lowest BCUT2D eigenvalue weighted by Gasteiger charge is -2.33. The van der Waals surface area contributed by atoms with E-state index in [9.17, 15) is 10.1 Å². The van der Waals surface area contributed by atoms with Gasteiger partial charge in [0.1, 0.15) is 12.2 Å². The molecule has 3 rings (SSSR count). The maximum Gasteiger partial charge on any atom is 0.271 e. The van der Waals surface area contributed by atoms with E-state index in [-0.39, 0.29) is 11.6 Å². The van der Waals surface area contributed by atoms with E-state index >= 15 is 0 Å². The van der Waals surface area contributed by atoms with Gasteiger partial charge < -0.3 is 4.57 Å². The van der Waals surface area contributed by atoms with Gasteiger partial charge >= 0.3 is 0 Å². The lowest BCUT2D eigenvalue weighted by Crippen LogP contribution is -2.24. The van der Waals surface area contributed by atoms with Crippen molar-refractivity contribution in [1.82, 2.24) is 14.8 Å². The summed E-state index contributed by atoms with van der Waals surface area (Å²) in [5.74, 6) is 1.11. The SMILES string of the molecule is Cn1cnnc1C(c1cc(C#N)cc([N+](=O)[O-])c1)C1CCC1. The molecule has 1 aliphatic carbocycles. The molecule has 0 N–H and O–H groups in total.